The molecule has 3 heterocycles. The Balaban J connectivity index is 1.53. The lowest BCUT2D eigenvalue weighted by Gasteiger charge is -2.09. The lowest BCUT2D eigenvalue weighted by Crippen LogP contribution is -2.16. The van der Waals surface area contributed by atoms with E-state index in [4.69, 9.17) is 0 Å². The molecule has 0 atom stereocenters. The van der Waals surface area contributed by atoms with E-state index in [0.29, 0.717) is 11.4 Å². The molecule has 0 aliphatic rings. The summed E-state index contributed by atoms with van der Waals surface area (Å²) in [7, 11) is 1.57. The highest BCUT2D eigenvalue weighted by Gasteiger charge is 2.22. The van der Waals surface area contributed by atoms with Crippen molar-refractivity contribution in [3.05, 3.63) is 72.2 Å². The van der Waals surface area contributed by atoms with E-state index in [1.165, 1.54) is 10.9 Å². The van der Waals surface area contributed by atoms with Crippen molar-refractivity contribution in [2.75, 3.05) is 5.32 Å². The SMILES string of the molecule is Cn1ncc2c(F)c(C(=O)Nc3ccc4[nH]nc(-c5cccnc5)c4c3)c(F)cc21. The summed E-state index contributed by atoms with van der Waals surface area (Å²) in [5.41, 5.74) is 2.19. The number of hydrogen-bond acceptors (Lipinski definition) is 4. The Morgan fingerprint density at radius 2 is 2.00 bits per heavy atom. The molecule has 148 valence electrons. The molecular formula is C21H14F2N6O. The molecule has 0 bridgehead atoms. The third kappa shape index (κ3) is 2.79. The third-order valence-corrected chi connectivity index (χ3v) is 4.93. The standard InChI is InChI=1S/C21H14F2N6O/c1-29-17-8-15(22)18(19(23)14(17)10-25-29)21(30)26-12-4-5-16-13(7-12)20(28-27-16)11-3-2-6-24-9-11/h2-10H,1H3,(H,26,30)(H,27,28). The third-order valence-electron chi connectivity index (χ3n) is 4.93. The van der Waals surface area contributed by atoms with Gasteiger partial charge in [0.15, 0.2) is 0 Å². The van der Waals surface area contributed by atoms with Crippen molar-refractivity contribution in [2.24, 2.45) is 7.05 Å². The van der Waals surface area contributed by atoms with Gasteiger partial charge in [-0.15, -0.1) is 0 Å². The first-order valence-corrected chi connectivity index (χ1v) is 9.02. The normalized spacial score (nSPS) is 11.3. The Bertz CT molecular complexity index is 1420. The number of carbonyl (C=O) groups excluding carboxylic acids is 1. The van der Waals surface area contributed by atoms with E-state index < -0.39 is 23.1 Å². The highest BCUT2D eigenvalue weighted by Crippen LogP contribution is 2.29. The van der Waals surface area contributed by atoms with Crippen LogP contribution >= 0.6 is 0 Å². The van der Waals surface area contributed by atoms with Gasteiger partial charge in [-0.1, -0.05) is 0 Å². The van der Waals surface area contributed by atoms with Crippen molar-refractivity contribution in [2.45, 2.75) is 0 Å². The second kappa shape index (κ2) is 6.73. The van der Waals surface area contributed by atoms with Crippen LogP contribution in [0.15, 0.2) is 55.0 Å². The summed E-state index contributed by atoms with van der Waals surface area (Å²) in [6, 6.07) is 9.81. The number of H-pyrrole nitrogens is 1. The van der Waals surface area contributed by atoms with E-state index >= 15 is 0 Å². The van der Waals surface area contributed by atoms with Crippen molar-refractivity contribution in [1.82, 2.24) is 25.0 Å². The van der Waals surface area contributed by atoms with Crippen LogP contribution in [0.3, 0.4) is 0 Å². The lowest BCUT2D eigenvalue weighted by molar-refractivity contribution is 0.101. The Hall–Kier alpha value is -4.14. The van der Waals surface area contributed by atoms with Gasteiger partial charge in [-0.05, 0) is 30.3 Å². The minimum atomic E-state index is -0.957. The van der Waals surface area contributed by atoms with E-state index in [2.05, 4.69) is 25.6 Å². The number of fused-ring (bicyclic) bond motifs is 2. The molecule has 0 aliphatic carbocycles. The van der Waals surface area contributed by atoms with Gasteiger partial charge in [0.05, 0.1) is 22.6 Å². The Kier molecular flexibility index (Phi) is 4.02. The quantitative estimate of drug-likeness (QED) is 0.475. The maximum absolute atomic E-state index is 14.8. The van der Waals surface area contributed by atoms with Crippen LogP contribution in [0.5, 0.6) is 0 Å². The minimum absolute atomic E-state index is 0.0770. The number of aromatic nitrogens is 5. The summed E-state index contributed by atoms with van der Waals surface area (Å²) >= 11 is 0. The predicted molar refractivity (Wildman–Crippen MR) is 108 cm³/mol. The number of rotatable bonds is 3. The van der Waals surface area contributed by atoms with Crippen LogP contribution in [0.2, 0.25) is 0 Å². The monoisotopic (exact) mass is 404 g/mol. The minimum Gasteiger partial charge on any atom is -0.322 e. The average Bonchev–Trinajstić information content (AvgIpc) is 3.32. The first-order valence-electron chi connectivity index (χ1n) is 9.02. The molecule has 0 saturated carbocycles. The fraction of sp³-hybridized carbons (Fsp3) is 0.0476. The van der Waals surface area contributed by atoms with E-state index in [1.807, 2.05) is 6.07 Å². The number of benzene rings is 2. The summed E-state index contributed by atoms with van der Waals surface area (Å²) in [5.74, 6) is -2.79. The second-order valence-electron chi connectivity index (χ2n) is 6.78. The molecule has 0 radical (unpaired) electrons. The molecule has 9 heteroatoms. The zero-order valence-corrected chi connectivity index (χ0v) is 15.6. The van der Waals surface area contributed by atoms with Crippen LogP contribution in [0.25, 0.3) is 33.1 Å². The molecule has 7 nitrogen and oxygen atoms in total. The molecular weight excluding hydrogens is 390 g/mol. The average molecular weight is 404 g/mol. The van der Waals surface area contributed by atoms with Crippen molar-refractivity contribution in [3.63, 3.8) is 0 Å². The van der Waals surface area contributed by atoms with Gasteiger partial charge in [-0.3, -0.25) is 19.6 Å². The van der Waals surface area contributed by atoms with Crippen LogP contribution in [0.1, 0.15) is 10.4 Å². The molecule has 0 unspecified atom stereocenters. The van der Waals surface area contributed by atoms with Crippen LogP contribution in [-0.4, -0.2) is 30.9 Å². The van der Waals surface area contributed by atoms with Gasteiger partial charge in [0, 0.05) is 42.1 Å². The van der Waals surface area contributed by atoms with E-state index in [-0.39, 0.29) is 10.9 Å². The number of pyridine rings is 1. The Morgan fingerprint density at radius 3 is 2.80 bits per heavy atom. The smallest absolute Gasteiger partial charge is 0.261 e. The second-order valence-corrected chi connectivity index (χ2v) is 6.78. The summed E-state index contributed by atoms with van der Waals surface area (Å²) < 4.78 is 30.7. The maximum atomic E-state index is 14.8. The van der Waals surface area contributed by atoms with Crippen molar-refractivity contribution >= 4 is 33.4 Å². The molecule has 3 aromatic heterocycles. The largest absolute Gasteiger partial charge is 0.322 e. The van der Waals surface area contributed by atoms with Gasteiger partial charge in [-0.2, -0.15) is 10.2 Å². The van der Waals surface area contributed by atoms with Gasteiger partial charge in [0.2, 0.25) is 0 Å². The zero-order chi connectivity index (χ0) is 20.8. The van der Waals surface area contributed by atoms with E-state index in [0.717, 1.165) is 22.5 Å². The molecule has 1 amide bonds. The molecule has 0 aliphatic heterocycles. The van der Waals surface area contributed by atoms with Crippen LogP contribution < -0.4 is 5.32 Å². The number of anilines is 1. The summed E-state index contributed by atoms with van der Waals surface area (Å²) in [5, 5.41) is 14.5. The highest BCUT2D eigenvalue weighted by molar-refractivity contribution is 6.08. The fourth-order valence-corrected chi connectivity index (χ4v) is 3.44. The Labute approximate surface area is 168 Å². The molecule has 5 rings (SSSR count). The molecule has 30 heavy (non-hydrogen) atoms. The van der Waals surface area contributed by atoms with Gasteiger partial charge in [-0.25, -0.2) is 8.78 Å². The van der Waals surface area contributed by atoms with Crippen LogP contribution in [-0.2, 0) is 7.05 Å². The number of hydrogen-bond donors (Lipinski definition) is 2. The zero-order valence-electron chi connectivity index (χ0n) is 15.6. The van der Waals surface area contributed by atoms with Gasteiger partial charge in [0.25, 0.3) is 5.91 Å². The molecule has 0 saturated heterocycles. The van der Waals surface area contributed by atoms with Crippen molar-refractivity contribution < 1.29 is 13.6 Å². The van der Waals surface area contributed by atoms with Gasteiger partial charge in [0.1, 0.15) is 22.9 Å². The number of nitrogens with zero attached hydrogens (tertiary/aromatic N) is 4. The van der Waals surface area contributed by atoms with E-state index in [1.54, 1.807) is 43.7 Å². The summed E-state index contributed by atoms with van der Waals surface area (Å²) in [6.45, 7) is 0. The van der Waals surface area contributed by atoms with Gasteiger partial charge < -0.3 is 5.32 Å². The fourth-order valence-electron chi connectivity index (χ4n) is 3.44. The molecule has 5 aromatic rings. The lowest BCUT2D eigenvalue weighted by atomic mass is 10.1. The molecule has 0 spiro atoms. The predicted octanol–water partition coefficient (Wildman–Crippen LogP) is 4.04. The van der Waals surface area contributed by atoms with Crippen molar-refractivity contribution in [3.8, 4) is 11.3 Å². The summed E-state index contributed by atoms with van der Waals surface area (Å²) in [6.07, 6.45) is 4.60. The summed E-state index contributed by atoms with van der Waals surface area (Å²) in [4.78, 5) is 16.8. The molecule has 0 fully saturated rings. The number of nitrogens with one attached hydrogen (secondary N) is 2. The molecule has 2 N–H and O–H groups in total. The number of aromatic amines is 1. The Morgan fingerprint density at radius 1 is 1.13 bits per heavy atom. The molecule has 2 aromatic carbocycles. The number of halogens is 2. The van der Waals surface area contributed by atoms with Gasteiger partial charge >= 0.3 is 0 Å². The topological polar surface area (TPSA) is 88.5 Å². The van der Waals surface area contributed by atoms with Crippen LogP contribution in [0.4, 0.5) is 14.5 Å². The van der Waals surface area contributed by atoms with Crippen molar-refractivity contribution in [1.29, 1.82) is 0 Å². The number of amides is 1. The maximum Gasteiger partial charge on any atom is 0.261 e. The van der Waals surface area contributed by atoms with E-state index in [9.17, 15) is 13.6 Å². The highest BCUT2D eigenvalue weighted by atomic mass is 19.1. The number of carbonyl (C=O) groups is 1. The van der Waals surface area contributed by atoms with Crippen LogP contribution in [0, 0.1) is 11.6 Å². The number of aryl methyl sites for hydroxylation is 1. The first-order chi connectivity index (χ1) is 14.5. The first kappa shape index (κ1) is 17.9.